The smallest absolute Gasteiger partial charge is 0.190 e. The Morgan fingerprint density at radius 2 is 2.14 bits per heavy atom. The van der Waals surface area contributed by atoms with Crippen LogP contribution in [0.4, 0.5) is 0 Å². The van der Waals surface area contributed by atoms with Crippen molar-refractivity contribution in [2.75, 3.05) is 12.4 Å². The lowest BCUT2D eigenvalue weighted by atomic mass is 10.2. The Hall–Kier alpha value is -0.550. The normalized spacial score (nSPS) is 10.7. The molecule has 0 aromatic carbocycles. The molecule has 0 saturated heterocycles. The molecule has 0 saturated carbocycles. The van der Waals surface area contributed by atoms with E-state index in [1.807, 2.05) is 11.6 Å². The third-order valence-electron chi connectivity index (χ3n) is 1.95. The molecule has 0 fully saturated rings. The lowest BCUT2D eigenvalue weighted by Crippen LogP contribution is -1.91. The Labute approximate surface area is 88.7 Å². The van der Waals surface area contributed by atoms with Crippen LogP contribution in [0.25, 0.3) is 0 Å². The highest BCUT2D eigenvalue weighted by atomic mass is 32.2. The van der Waals surface area contributed by atoms with Crippen molar-refractivity contribution in [1.82, 2.24) is 14.8 Å². The van der Waals surface area contributed by atoms with Crippen LogP contribution in [0.5, 0.6) is 0 Å². The van der Waals surface area contributed by atoms with Crippen LogP contribution < -0.4 is 0 Å². The van der Waals surface area contributed by atoms with Gasteiger partial charge in [-0.2, -0.15) is 0 Å². The van der Waals surface area contributed by atoms with E-state index in [-0.39, 0.29) is 0 Å². The summed E-state index contributed by atoms with van der Waals surface area (Å²) in [6.07, 6.45) is 6.13. The van der Waals surface area contributed by atoms with E-state index >= 15 is 0 Å². The molecule has 0 aliphatic heterocycles. The number of hydrogen-bond donors (Lipinski definition) is 1. The van der Waals surface area contributed by atoms with Crippen LogP contribution in [0.2, 0.25) is 0 Å². The number of aliphatic hydroxyl groups excluding tert-OH is 1. The summed E-state index contributed by atoms with van der Waals surface area (Å²) in [7, 11) is 1.95. The fourth-order valence-electron chi connectivity index (χ4n) is 1.13. The Morgan fingerprint density at radius 1 is 1.36 bits per heavy atom. The molecule has 0 radical (unpaired) electrons. The minimum atomic E-state index is 0.316. The zero-order valence-electron chi connectivity index (χ0n) is 8.52. The second-order valence-corrected chi connectivity index (χ2v) is 4.27. The summed E-state index contributed by atoms with van der Waals surface area (Å²) in [6, 6.07) is 0. The molecule has 1 heterocycles. The van der Waals surface area contributed by atoms with Crippen molar-refractivity contribution in [3.63, 3.8) is 0 Å². The van der Waals surface area contributed by atoms with Crippen LogP contribution in [-0.4, -0.2) is 32.2 Å². The van der Waals surface area contributed by atoms with Crippen molar-refractivity contribution in [3.8, 4) is 0 Å². The van der Waals surface area contributed by atoms with Gasteiger partial charge in [-0.25, -0.2) is 0 Å². The fourth-order valence-corrected chi connectivity index (χ4v) is 2.02. The maximum Gasteiger partial charge on any atom is 0.190 e. The Kier molecular flexibility index (Phi) is 5.63. The quantitative estimate of drug-likeness (QED) is 0.552. The Balaban J connectivity index is 2.02. The van der Waals surface area contributed by atoms with Crippen LogP contribution in [-0.2, 0) is 7.05 Å². The lowest BCUT2D eigenvalue weighted by Gasteiger charge is -2.00. The molecule has 1 rings (SSSR count). The number of aromatic nitrogens is 3. The molecule has 4 nitrogen and oxygen atoms in total. The van der Waals surface area contributed by atoms with Gasteiger partial charge in [-0.15, -0.1) is 10.2 Å². The zero-order chi connectivity index (χ0) is 10.2. The summed E-state index contributed by atoms with van der Waals surface area (Å²) in [5.74, 6) is 1.08. The summed E-state index contributed by atoms with van der Waals surface area (Å²) in [4.78, 5) is 0. The number of nitrogens with zero attached hydrogens (tertiary/aromatic N) is 3. The van der Waals surface area contributed by atoms with E-state index in [1.54, 1.807) is 18.1 Å². The molecule has 14 heavy (non-hydrogen) atoms. The van der Waals surface area contributed by atoms with Gasteiger partial charge in [0.25, 0.3) is 0 Å². The third-order valence-corrected chi connectivity index (χ3v) is 3.07. The monoisotopic (exact) mass is 215 g/mol. The van der Waals surface area contributed by atoms with Crippen molar-refractivity contribution >= 4 is 11.8 Å². The van der Waals surface area contributed by atoms with Gasteiger partial charge in [0.05, 0.1) is 0 Å². The number of aryl methyl sites for hydroxylation is 1. The summed E-state index contributed by atoms with van der Waals surface area (Å²) in [5.41, 5.74) is 0. The molecular weight excluding hydrogens is 198 g/mol. The third kappa shape index (κ3) is 4.11. The van der Waals surface area contributed by atoms with Gasteiger partial charge in [-0.1, -0.05) is 24.6 Å². The van der Waals surface area contributed by atoms with E-state index in [0.29, 0.717) is 6.61 Å². The summed E-state index contributed by atoms with van der Waals surface area (Å²) in [6.45, 7) is 0.316. The summed E-state index contributed by atoms with van der Waals surface area (Å²) in [5, 5.41) is 17.4. The highest BCUT2D eigenvalue weighted by Crippen LogP contribution is 2.15. The first-order valence-electron chi connectivity index (χ1n) is 4.92. The molecule has 1 aromatic rings. The van der Waals surface area contributed by atoms with E-state index in [1.165, 1.54) is 12.8 Å². The van der Waals surface area contributed by atoms with Gasteiger partial charge in [-0.05, 0) is 12.8 Å². The molecule has 80 valence electrons. The van der Waals surface area contributed by atoms with Crippen molar-refractivity contribution < 1.29 is 5.11 Å². The minimum Gasteiger partial charge on any atom is -0.396 e. The number of thioether (sulfide) groups is 1. The molecule has 0 aliphatic carbocycles. The van der Waals surface area contributed by atoms with Gasteiger partial charge in [0.2, 0.25) is 0 Å². The van der Waals surface area contributed by atoms with Gasteiger partial charge in [0.1, 0.15) is 6.33 Å². The van der Waals surface area contributed by atoms with Gasteiger partial charge in [0.15, 0.2) is 5.16 Å². The topological polar surface area (TPSA) is 50.9 Å². The maximum atomic E-state index is 8.58. The van der Waals surface area contributed by atoms with Crippen molar-refractivity contribution in [1.29, 1.82) is 0 Å². The Bertz CT molecular complexity index is 252. The molecule has 0 atom stereocenters. The van der Waals surface area contributed by atoms with Crippen LogP contribution in [0.1, 0.15) is 25.7 Å². The van der Waals surface area contributed by atoms with Crippen molar-refractivity contribution in [2.24, 2.45) is 7.05 Å². The highest BCUT2D eigenvalue weighted by Gasteiger charge is 1.99. The van der Waals surface area contributed by atoms with Gasteiger partial charge >= 0.3 is 0 Å². The van der Waals surface area contributed by atoms with E-state index in [2.05, 4.69) is 10.2 Å². The second kappa shape index (κ2) is 6.84. The average Bonchev–Trinajstić information content (AvgIpc) is 2.58. The number of hydrogen-bond acceptors (Lipinski definition) is 4. The maximum absolute atomic E-state index is 8.58. The molecular formula is C9H17N3OS. The standard InChI is InChI=1S/C9H17N3OS/c1-12-8-10-11-9(12)14-7-5-3-2-4-6-13/h8,13H,2-7H2,1H3. The SMILES string of the molecule is Cn1cnnc1SCCCCCCO. The number of rotatable bonds is 7. The van der Waals surface area contributed by atoms with Crippen molar-refractivity contribution in [2.45, 2.75) is 30.8 Å². The highest BCUT2D eigenvalue weighted by molar-refractivity contribution is 7.99. The van der Waals surface area contributed by atoms with E-state index in [4.69, 9.17) is 5.11 Å². The Morgan fingerprint density at radius 3 is 2.79 bits per heavy atom. The van der Waals surface area contributed by atoms with Crippen LogP contribution in [0, 0.1) is 0 Å². The molecule has 1 aromatic heterocycles. The lowest BCUT2D eigenvalue weighted by molar-refractivity contribution is 0.283. The molecule has 5 heteroatoms. The average molecular weight is 215 g/mol. The van der Waals surface area contributed by atoms with Gasteiger partial charge in [-0.3, -0.25) is 0 Å². The molecule has 0 spiro atoms. The van der Waals surface area contributed by atoms with Crippen LogP contribution in [0.15, 0.2) is 11.5 Å². The molecule has 0 bridgehead atoms. The number of aliphatic hydroxyl groups is 1. The predicted octanol–water partition coefficient (Wildman–Crippen LogP) is 1.46. The van der Waals surface area contributed by atoms with Gasteiger partial charge in [0, 0.05) is 19.4 Å². The predicted molar refractivity (Wildman–Crippen MR) is 57.3 cm³/mol. The summed E-state index contributed by atoms with van der Waals surface area (Å²) < 4.78 is 1.93. The molecule has 0 amide bonds. The molecule has 0 unspecified atom stereocenters. The first-order chi connectivity index (χ1) is 6.84. The van der Waals surface area contributed by atoms with E-state index in [0.717, 1.165) is 23.8 Å². The zero-order valence-corrected chi connectivity index (χ0v) is 9.33. The summed E-state index contributed by atoms with van der Waals surface area (Å²) >= 11 is 1.74. The first-order valence-corrected chi connectivity index (χ1v) is 5.91. The first kappa shape index (κ1) is 11.5. The largest absolute Gasteiger partial charge is 0.396 e. The second-order valence-electron chi connectivity index (χ2n) is 3.21. The van der Waals surface area contributed by atoms with Crippen LogP contribution >= 0.6 is 11.8 Å². The van der Waals surface area contributed by atoms with E-state index < -0.39 is 0 Å². The van der Waals surface area contributed by atoms with Crippen molar-refractivity contribution in [3.05, 3.63) is 6.33 Å². The van der Waals surface area contributed by atoms with E-state index in [9.17, 15) is 0 Å². The van der Waals surface area contributed by atoms with Gasteiger partial charge < -0.3 is 9.67 Å². The fraction of sp³-hybridized carbons (Fsp3) is 0.778. The minimum absolute atomic E-state index is 0.316. The molecule has 1 N–H and O–H groups in total. The number of unbranched alkanes of at least 4 members (excludes halogenated alkanes) is 3. The molecule has 0 aliphatic rings. The van der Waals surface area contributed by atoms with Crippen LogP contribution in [0.3, 0.4) is 0 Å².